The fourth-order valence-electron chi connectivity index (χ4n) is 3.73. The van der Waals surface area contributed by atoms with Gasteiger partial charge in [-0.25, -0.2) is 9.07 Å². The van der Waals surface area contributed by atoms with Crippen LogP contribution in [0.5, 0.6) is 5.75 Å². The summed E-state index contributed by atoms with van der Waals surface area (Å²) >= 11 is 0. The van der Waals surface area contributed by atoms with Crippen molar-refractivity contribution < 1.29 is 13.9 Å². The quantitative estimate of drug-likeness (QED) is 0.468. The number of anilines is 2. The molecule has 1 aromatic heterocycles. The first-order chi connectivity index (χ1) is 16.1. The summed E-state index contributed by atoms with van der Waals surface area (Å²) in [5.74, 6) is 0.354. The van der Waals surface area contributed by atoms with Crippen molar-refractivity contribution in [3.63, 3.8) is 0 Å². The zero-order chi connectivity index (χ0) is 22.8. The average Bonchev–Trinajstić information content (AvgIpc) is 3.26. The summed E-state index contributed by atoms with van der Waals surface area (Å²) in [7, 11) is 1.51. The molecule has 2 N–H and O–H groups in total. The van der Waals surface area contributed by atoms with E-state index in [4.69, 9.17) is 4.74 Å². The Balaban J connectivity index is 1.51. The molecule has 0 saturated heterocycles. The van der Waals surface area contributed by atoms with Crippen molar-refractivity contribution in [1.82, 2.24) is 14.8 Å². The lowest BCUT2D eigenvalue weighted by atomic mass is 10.0. The number of halogens is 1. The van der Waals surface area contributed by atoms with Gasteiger partial charge in [-0.05, 0) is 41.5 Å². The number of benzene rings is 3. The van der Waals surface area contributed by atoms with E-state index in [9.17, 15) is 9.18 Å². The van der Waals surface area contributed by atoms with Crippen molar-refractivity contribution in [2.24, 2.45) is 0 Å². The first-order valence-electron chi connectivity index (χ1n) is 10.3. The molecule has 0 radical (unpaired) electrons. The van der Waals surface area contributed by atoms with E-state index in [1.54, 1.807) is 41.1 Å². The summed E-state index contributed by atoms with van der Waals surface area (Å²) in [5.41, 5.74) is 3.02. The molecule has 1 amide bonds. The smallest absolute Gasteiger partial charge is 0.261 e. The lowest BCUT2D eigenvalue weighted by molar-refractivity contribution is 0.102. The van der Waals surface area contributed by atoms with Gasteiger partial charge in [0.05, 0.1) is 12.7 Å². The van der Waals surface area contributed by atoms with Crippen LogP contribution in [0.4, 0.5) is 16.3 Å². The number of fused-ring (bicyclic) bond motifs is 1. The second-order valence-corrected chi connectivity index (χ2v) is 7.43. The SMILES string of the molecule is COc1ccccc1C(=O)Nc1nc2n(n1)C(c1ccc(F)cc1)C=C(c1ccccc1)N2. The van der Waals surface area contributed by atoms with Crippen molar-refractivity contribution in [2.75, 3.05) is 17.7 Å². The van der Waals surface area contributed by atoms with Gasteiger partial charge in [0, 0.05) is 5.70 Å². The van der Waals surface area contributed by atoms with Crippen LogP contribution in [0.2, 0.25) is 0 Å². The number of hydrogen-bond donors (Lipinski definition) is 2. The topological polar surface area (TPSA) is 81.1 Å². The highest BCUT2D eigenvalue weighted by Crippen LogP contribution is 2.33. The fourth-order valence-corrected chi connectivity index (χ4v) is 3.73. The molecule has 4 aromatic rings. The zero-order valence-electron chi connectivity index (χ0n) is 17.7. The third kappa shape index (κ3) is 4.06. The van der Waals surface area contributed by atoms with Gasteiger partial charge in [-0.15, -0.1) is 5.10 Å². The van der Waals surface area contributed by atoms with E-state index in [1.807, 2.05) is 36.4 Å². The van der Waals surface area contributed by atoms with Gasteiger partial charge in [-0.1, -0.05) is 54.6 Å². The third-order valence-electron chi connectivity index (χ3n) is 5.34. The minimum absolute atomic E-state index is 0.142. The molecular formula is C25H20FN5O2. The summed E-state index contributed by atoms with van der Waals surface area (Å²) in [6.07, 6.45) is 2.00. The predicted molar refractivity (Wildman–Crippen MR) is 124 cm³/mol. The Hall–Kier alpha value is -4.46. The highest BCUT2D eigenvalue weighted by molar-refractivity contribution is 6.05. The van der Waals surface area contributed by atoms with Gasteiger partial charge in [-0.3, -0.25) is 10.1 Å². The molecule has 3 aromatic carbocycles. The van der Waals surface area contributed by atoms with Crippen molar-refractivity contribution >= 4 is 23.5 Å². The Labute approximate surface area is 189 Å². The molecule has 8 heteroatoms. The molecule has 164 valence electrons. The average molecular weight is 441 g/mol. The molecule has 33 heavy (non-hydrogen) atoms. The fraction of sp³-hybridized carbons (Fsp3) is 0.0800. The number of aromatic nitrogens is 3. The number of ether oxygens (including phenoxy) is 1. The number of nitrogens with zero attached hydrogens (tertiary/aromatic N) is 3. The van der Waals surface area contributed by atoms with Crippen LogP contribution in [-0.4, -0.2) is 27.8 Å². The largest absolute Gasteiger partial charge is 0.496 e. The molecule has 0 fully saturated rings. The van der Waals surface area contributed by atoms with E-state index >= 15 is 0 Å². The lowest BCUT2D eigenvalue weighted by Crippen LogP contribution is -2.20. The van der Waals surface area contributed by atoms with E-state index in [0.717, 1.165) is 16.8 Å². The number of para-hydroxylation sites is 1. The molecule has 1 aliphatic heterocycles. The Bertz CT molecular complexity index is 1330. The molecule has 1 atom stereocenters. The van der Waals surface area contributed by atoms with Gasteiger partial charge in [0.1, 0.15) is 17.6 Å². The molecule has 2 heterocycles. The number of amides is 1. The van der Waals surface area contributed by atoms with Gasteiger partial charge in [-0.2, -0.15) is 4.98 Å². The number of carbonyl (C=O) groups excluding carboxylic acids is 1. The number of rotatable bonds is 5. The minimum Gasteiger partial charge on any atom is -0.496 e. The van der Waals surface area contributed by atoms with Crippen LogP contribution in [0.25, 0.3) is 5.70 Å². The lowest BCUT2D eigenvalue weighted by Gasteiger charge is -2.24. The summed E-state index contributed by atoms with van der Waals surface area (Å²) in [5, 5.41) is 10.5. The van der Waals surface area contributed by atoms with Crippen LogP contribution in [0.15, 0.2) is 84.9 Å². The molecule has 5 rings (SSSR count). The maximum absolute atomic E-state index is 13.5. The second kappa shape index (κ2) is 8.58. The maximum Gasteiger partial charge on any atom is 0.261 e. The predicted octanol–water partition coefficient (Wildman–Crippen LogP) is 4.73. The van der Waals surface area contributed by atoms with Crippen LogP contribution < -0.4 is 15.4 Å². The third-order valence-corrected chi connectivity index (χ3v) is 5.34. The van der Waals surface area contributed by atoms with Crippen LogP contribution in [0.1, 0.15) is 27.5 Å². The molecule has 0 spiro atoms. The number of nitrogens with one attached hydrogen (secondary N) is 2. The number of carbonyl (C=O) groups is 1. The summed E-state index contributed by atoms with van der Waals surface area (Å²) in [4.78, 5) is 17.3. The van der Waals surface area contributed by atoms with Gasteiger partial charge in [0.2, 0.25) is 5.95 Å². The van der Waals surface area contributed by atoms with Crippen molar-refractivity contribution in [3.8, 4) is 5.75 Å². The van der Waals surface area contributed by atoms with Gasteiger partial charge in [0.15, 0.2) is 0 Å². The van der Waals surface area contributed by atoms with Gasteiger partial charge < -0.3 is 10.1 Å². The first kappa shape index (κ1) is 20.4. The van der Waals surface area contributed by atoms with Crippen molar-refractivity contribution in [3.05, 3.63) is 107 Å². The van der Waals surface area contributed by atoms with E-state index < -0.39 is 0 Å². The molecule has 1 aliphatic rings. The number of allylic oxidation sites excluding steroid dienone is 1. The van der Waals surface area contributed by atoms with Crippen molar-refractivity contribution in [1.29, 1.82) is 0 Å². The standard InChI is InChI=1S/C25H20FN5O2/c1-33-22-10-6-5-9-19(22)23(32)28-24-29-25-27-20(16-7-3-2-4-8-16)15-21(31(25)30-24)17-11-13-18(26)14-12-17/h2-15,21H,1H3,(H2,27,28,29,30,32). The molecule has 0 aliphatic carbocycles. The van der Waals surface area contributed by atoms with Crippen LogP contribution in [0.3, 0.4) is 0 Å². The van der Waals surface area contributed by atoms with Crippen LogP contribution >= 0.6 is 0 Å². The van der Waals surface area contributed by atoms with E-state index in [2.05, 4.69) is 20.7 Å². The van der Waals surface area contributed by atoms with Gasteiger partial charge >= 0.3 is 0 Å². The Kier molecular flexibility index (Phi) is 5.32. The molecule has 0 bridgehead atoms. The van der Waals surface area contributed by atoms with Crippen LogP contribution in [0, 0.1) is 5.82 Å². The zero-order valence-corrected chi connectivity index (χ0v) is 17.7. The summed E-state index contributed by atoms with van der Waals surface area (Å²) in [6.45, 7) is 0. The van der Waals surface area contributed by atoms with E-state index in [-0.39, 0.29) is 23.7 Å². The summed E-state index contributed by atoms with van der Waals surface area (Å²) in [6, 6.07) is 22.6. The highest BCUT2D eigenvalue weighted by atomic mass is 19.1. The Morgan fingerprint density at radius 2 is 1.76 bits per heavy atom. The Morgan fingerprint density at radius 1 is 1.03 bits per heavy atom. The number of methoxy groups -OCH3 is 1. The maximum atomic E-state index is 13.5. The summed E-state index contributed by atoms with van der Waals surface area (Å²) < 4.78 is 20.5. The highest BCUT2D eigenvalue weighted by Gasteiger charge is 2.26. The van der Waals surface area contributed by atoms with Gasteiger partial charge in [0.25, 0.3) is 11.9 Å². The number of hydrogen-bond acceptors (Lipinski definition) is 5. The molecule has 7 nitrogen and oxygen atoms in total. The molecule has 0 saturated carbocycles. The van der Waals surface area contributed by atoms with Crippen LogP contribution in [-0.2, 0) is 0 Å². The second-order valence-electron chi connectivity index (χ2n) is 7.43. The van der Waals surface area contributed by atoms with E-state index in [0.29, 0.717) is 17.3 Å². The monoisotopic (exact) mass is 441 g/mol. The van der Waals surface area contributed by atoms with Crippen molar-refractivity contribution in [2.45, 2.75) is 6.04 Å². The first-order valence-corrected chi connectivity index (χ1v) is 10.3. The Morgan fingerprint density at radius 3 is 2.52 bits per heavy atom. The molecular weight excluding hydrogens is 421 g/mol. The normalized spacial score (nSPS) is 14.6. The molecule has 1 unspecified atom stereocenters. The minimum atomic E-state index is -0.384. The van der Waals surface area contributed by atoms with E-state index in [1.165, 1.54) is 19.2 Å².